The summed E-state index contributed by atoms with van der Waals surface area (Å²) in [7, 11) is -0.546. The van der Waals surface area contributed by atoms with Gasteiger partial charge < -0.3 is 9.64 Å². The van der Waals surface area contributed by atoms with Crippen LogP contribution >= 0.6 is 0 Å². The second kappa shape index (κ2) is 8.83. The normalized spacial score (nSPS) is 20.8. The van der Waals surface area contributed by atoms with Crippen molar-refractivity contribution in [3.05, 3.63) is 30.3 Å². The first kappa shape index (κ1) is 20.7. The summed E-state index contributed by atoms with van der Waals surface area (Å²) in [5.41, 5.74) is 0. The SMILES string of the molecule is CC(C)[C@@H]1CN(C(=O)CCOc2ccccc2)C[C@H]1NS(=O)(=O)N(C)C. The van der Waals surface area contributed by atoms with Gasteiger partial charge in [0.25, 0.3) is 10.2 Å². The first-order valence-electron chi connectivity index (χ1n) is 8.86. The van der Waals surface area contributed by atoms with Crippen LogP contribution in [0.15, 0.2) is 30.3 Å². The Morgan fingerprint density at radius 3 is 2.50 bits per heavy atom. The number of likely N-dealkylation sites (tertiary alicyclic amines) is 1. The summed E-state index contributed by atoms with van der Waals surface area (Å²) in [4.78, 5) is 14.2. The fraction of sp³-hybridized carbons (Fsp3) is 0.611. The Morgan fingerprint density at radius 1 is 1.27 bits per heavy atom. The Bertz CT molecular complexity index is 692. The van der Waals surface area contributed by atoms with Gasteiger partial charge in [0, 0.05) is 33.2 Å². The number of carbonyl (C=O) groups is 1. The number of hydrogen-bond donors (Lipinski definition) is 1. The highest BCUT2D eigenvalue weighted by Gasteiger charge is 2.39. The van der Waals surface area contributed by atoms with E-state index in [0.717, 1.165) is 10.1 Å². The topological polar surface area (TPSA) is 79.0 Å². The zero-order valence-electron chi connectivity index (χ0n) is 15.9. The van der Waals surface area contributed by atoms with Gasteiger partial charge >= 0.3 is 0 Å². The summed E-state index contributed by atoms with van der Waals surface area (Å²) in [6.45, 7) is 5.35. The number of ether oxygens (including phenoxy) is 1. The van der Waals surface area contributed by atoms with Crippen molar-refractivity contribution in [1.29, 1.82) is 0 Å². The number of nitrogens with zero attached hydrogens (tertiary/aromatic N) is 2. The highest BCUT2D eigenvalue weighted by Crippen LogP contribution is 2.25. The maximum Gasteiger partial charge on any atom is 0.279 e. The van der Waals surface area contributed by atoms with Crippen molar-refractivity contribution in [1.82, 2.24) is 13.9 Å². The van der Waals surface area contributed by atoms with E-state index in [1.54, 1.807) is 4.90 Å². The summed E-state index contributed by atoms with van der Waals surface area (Å²) in [6.07, 6.45) is 0.271. The molecule has 2 atom stereocenters. The molecule has 1 fully saturated rings. The minimum atomic E-state index is -3.53. The van der Waals surface area contributed by atoms with Crippen LogP contribution in [0.2, 0.25) is 0 Å². The van der Waals surface area contributed by atoms with Crippen LogP contribution in [-0.4, -0.2) is 63.4 Å². The molecule has 26 heavy (non-hydrogen) atoms. The van der Waals surface area contributed by atoms with Crippen molar-refractivity contribution in [3.63, 3.8) is 0 Å². The fourth-order valence-corrected chi connectivity index (χ4v) is 3.90. The van der Waals surface area contributed by atoms with Gasteiger partial charge in [-0.15, -0.1) is 0 Å². The van der Waals surface area contributed by atoms with Gasteiger partial charge in [0.1, 0.15) is 5.75 Å². The number of carbonyl (C=O) groups excluding carboxylic acids is 1. The van der Waals surface area contributed by atoms with Crippen LogP contribution in [0.25, 0.3) is 0 Å². The molecular formula is C18H29N3O4S. The molecule has 1 amide bonds. The molecule has 1 aliphatic rings. The molecule has 0 bridgehead atoms. The predicted octanol–water partition coefficient (Wildman–Crippen LogP) is 1.33. The monoisotopic (exact) mass is 383 g/mol. The van der Waals surface area contributed by atoms with E-state index in [9.17, 15) is 13.2 Å². The summed E-state index contributed by atoms with van der Waals surface area (Å²) in [5.74, 6) is 1.07. The maximum absolute atomic E-state index is 12.5. The number of para-hydroxylation sites is 1. The summed E-state index contributed by atoms with van der Waals surface area (Å²) < 4.78 is 33.8. The third-order valence-electron chi connectivity index (χ3n) is 4.68. The average molecular weight is 384 g/mol. The van der Waals surface area contributed by atoms with E-state index in [4.69, 9.17) is 4.74 Å². The predicted molar refractivity (Wildman–Crippen MR) is 101 cm³/mol. The third-order valence-corrected chi connectivity index (χ3v) is 6.25. The highest BCUT2D eigenvalue weighted by molar-refractivity contribution is 7.87. The quantitative estimate of drug-likeness (QED) is 0.735. The van der Waals surface area contributed by atoms with Crippen molar-refractivity contribution in [2.24, 2.45) is 11.8 Å². The molecule has 1 N–H and O–H groups in total. The van der Waals surface area contributed by atoms with Crippen LogP contribution in [0.3, 0.4) is 0 Å². The number of amides is 1. The number of hydrogen-bond acceptors (Lipinski definition) is 4. The van der Waals surface area contributed by atoms with Crippen LogP contribution in [-0.2, 0) is 15.0 Å². The van der Waals surface area contributed by atoms with Gasteiger partial charge in [-0.25, -0.2) is 0 Å². The third kappa shape index (κ3) is 5.43. The molecule has 2 rings (SSSR count). The van der Waals surface area contributed by atoms with E-state index >= 15 is 0 Å². The molecule has 7 nitrogen and oxygen atoms in total. The number of rotatable bonds is 8. The molecule has 0 spiro atoms. The van der Waals surface area contributed by atoms with E-state index in [0.29, 0.717) is 19.7 Å². The number of benzene rings is 1. The minimum absolute atomic E-state index is 0.0156. The van der Waals surface area contributed by atoms with Crippen molar-refractivity contribution in [2.75, 3.05) is 33.8 Å². The average Bonchev–Trinajstić information content (AvgIpc) is 2.99. The molecule has 0 aromatic heterocycles. The molecular weight excluding hydrogens is 354 g/mol. The summed E-state index contributed by atoms with van der Waals surface area (Å²) in [5, 5.41) is 0. The molecule has 0 saturated carbocycles. The zero-order chi connectivity index (χ0) is 19.3. The van der Waals surface area contributed by atoms with E-state index in [-0.39, 0.29) is 30.2 Å². The van der Waals surface area contributed by atoms with Crippen LogP contribution in [0.1, 0.15) is 20.3 Å². The Kier molecular flexibility index (Phi) is 7.02. The van der Waals surface area contributed by atoms with Crippen LogP contribution in [0.5, 0.6) is 5.75 Å². The Labute approximate surface area is 156 Å². The molecule has 1 heterocycles. The van der Waals surface area contributed by atoms with E-state index in [1.807, 2.05) is 44.2 Å². The molecule has 0 aliphatic carbocycles. The lowest BCUT2D eigenvalue weighted by molar-refractivity contribution is -0.130. The van der Waals surface area contributed by atoms with Crippen LogP contribution < -0.4 is 9.46 Å². The second-order valence-electron chi connectivity index (χ2n) is 7.13. The van der Waals surface area contributed by atoms with Crippen molar-refractivity contribution < 1.29 is 17.9 Å². The minimum Gasteiger partial charge on any atom is -0.493 e. The van der Waals surface area contributed by atoms with E-state index in [1.165, 1.54) is 14.1 Å². The highest BCUT2D eigenvalue weighted by atomic mass is 32.2. The lowest BCUT2D eigenvalue weighted by atomic mass is 9.92. The Hall–Kier alpha value is -1.64. The van der Waals surface area contributed by atoms with Gasteiger partial charge in [-0.05, 0) is 24.0 Å². The van der Waals surface area contributed by atoms with Crippen LogP contribution in [0, 0.1) is 11.8 Å². The molecule has 8 heteroatoms. The van der Waals surface area contributed by atoms with Crippen LogP contribution in [0.4, 0.5) is 0 Å². The molecule has 146 valence electrons. The molecule has 0 radical (unpaired) electrons. The standard InChI is InChI=1S/C18H29N3O4S/c1-14(2)16-12-21(13-17(16)19-26(23,24)20(3)4)18(22)10-11-25-15-8-6-5-7-9-15/h5-9,14,16-17,19H,10-13H2,1-4H3/t16-,17+/m0/s1. The fourth-order valence-electron chi connectivity index (χ4n) is 3.06. The first-order chi connectivity index (χ1) is 12.2. The molecule has 0 unspecified atom stereocenters. The first-order valence-corrected chi connectivity index (χ1v) is 10.3. The Balaban J connectivity index is 1.92. The van der Waals surface area contributed by atoms with Crippen molar-refractivity contribution in [2.45, 2.75) is 26.3 Å². The lowest BCUT2D eigenvalue weighted by Gasteiger charge is -2.24. The molecule has 1 aromatic rings. The van der Waals surface area contributed by atoms with Gasteiger partial charge in [0.05, 0.1) is 13.0 Å². The number of nitrogens with one attached hydrogen (secondary N) is 1. The second-order valence-corrected chi connectivity index (χ2v) is 9.05. The Morgan fingerprint density at radius 2 is 1.92 bits per heavy atom. The molecule has 1 aromatic carbocycles. The van der Waals surface area contributed by atoms with E-state index < -0.39 is 10.2 Å². The van der Waals surface area contributed by atoms with Gasteiger partial charge in [-0.2, -0.15) is 17.4 Å². The van der Waals surface area contributed by atoms with Crippen molar-refractivity contribution in [3.8, 4) is 5.75 Å². The van der Waals surface area contributed by atoms with Gasteiger partial charge in [-0.1, -0.05) is 32.0 Å². The van der Waals surface area contributed by atoms with Gasteiger partial charge in [0.15, 0.2) is 0 Å². The molecule has 1 aliphatic heterocycles. The lowest BCUT2D eigenvalue weighted by Crippen LogP contribution is -2.46. The zero-order valence-corrected chi connectivity index (χ0v) is 16.7. The summed E-state index contributed by atoms with van der Waals surface area (Å²) >= 11 is 0. The van der Waals surface area contributed by atoms with E-state index in [2.05, 4.69) is 4.72 Å². The molecule has 1 saturated heterocycles. The smallest absolute Gasteiger partial charge is 0.279 e. The van der Waals surface area contributed by atoms with Gasteiger partial charge in [0.2, 0.25) is 5.91 Å². The van der Waals surface area contributed by atoms with Gasteiger partial charge in [-0.3, -0.25) is 4.79 Å². The maximum atomic E-state index is 12.5. The largest absolute Gasteiger partial charge is 0.493 e. The summed E-state index contributed by atoms with van der Waals surface area (Å²) in [6, 6.07) is 9.09. The van der Waals surface area contributed by atoms with Crippen molar-refractivity contribution >= 4 is 16.1 Å².